The lowest BCUT2D eigenvalue weighted by molar-refractivity contribution is -0.384. The van der Waals surface area contributed by atoms with E-state index in [1.807, 2.05) is 0 Å². The second kappa shape index (κ2) is 8.91. The maximum atomic E-state index is 12.4. The molecule has 2 N–H and O–H groups in total. The van der Waals surface area contributed by atoms with Crippen molar-refractivity contribution >= 4 is 34.8 Å². The van der Waals surface area contributed by atoms with Gasteiger partial charge in [-0.3, -0.25) is 19.7 Å². The quantitative estimate of drug-likeness (QED) is 0.411. The van der Waals surface area contributed by atoms with Crippen molar-refractivity contribution in [3.8, 4) is 0 Å². The Kier molecular flexibility index (Phi) is 6.31. The summed E-state index contributed by atoms with van der Waals surface area (Å²) in [6, 6.07) is 3.76. The number of benzene rings is 1. The third-order valence-corrected chi connectivity index (χ3v) is 4.96. The van der Waals surface area contributed by atoms with Gasteiger partial charge in [0, 0.05) is 35.7 Å². The van der Waals surface area contributed by atoms with Gasteiger partial charge in [0.05, 0.1) is 10.6 Å². The van der Waals surface area contributed by atoms with Gasteiger partial charge in [-0.2, -0.15) is 5.10 Å². The number of nitro benzene ring substituents is 1. The van der Waals surface area contributed by atoms with Crippen LogP contribution in [0.25, 0.3) is 0 Å². The van der Waals surface area contributed by atoms with Crippen molar-refractivity contribution in [2.24, 2.45) is 5.10 Å². The number of nitrogens with one attached hydrogen (secondary N) is 2. The van der Waals surface area contributed by atoms with Crippen molar-refractivity contribution in [2.75, 3.05) is 6.54 Å². The monoisotopic (exact) mass is 430 g/mol. The van der Waals surface area contributed by atoms with E-state index in [9.17, 15) is 19.7 Å². The van der Waals surface area contributed by atoms with Crippen LogP contribution in [-0.4, -0.2) is 29.0 Å². The second-order valence-corrected chi connectivity index (χ2v) is 7.04. The lowest BCUT2D eigenvalue weighted by Gasteiger charge is -2.13. The molecule has 2 aromatic rings. The fourth-order valence-electron chi connectivity index (χ4n) is 3.22. The first kappa shape index (κ1) is 21.3. The van der Waals surface area contributed by atoms with Gasteiger partial charge < -0.3 is 9.73 Å². The van der Waals surface area contributed by atoms with Crippen LogP contribution in [0.5, 0.6) is 0 Å². The number of carbonyl (C=O) groups excluding carboxylic acids is 2. The van der Waals surface area contributed by atoms with Crippen molar-refractivity contribution in [1.29, 1.82) is 0 Å². The largest absolute Gasteiger partial charge is 0.455 e. The Morgan fingerprint density at radius 2 is 2.13 bits per heavy atom. The summed E-state index contributed by atoms with van der Waals surface area (Å²) in [5.41, 5.74) is 4.04. The molecule has 3 rings (SSSR count). The topological polar surface area (TPSA) is 127 Å². The van der Waals surface area contributed by atoms with Crippen molar-refractivity contribution < 1.29 is 18.9 Å². The summed E-state index contributed by atoms with van der Waals surface area (Å²) >= 11 is 5.78. The standard InChI is InChI=1S/C20H19ClN4O5/c1-3-9-22-20(27)18-11(2)17-14(5-4-6-16(17)30-18)23-24-19(26)12-7-8-13(21)15(10-12)25(28)29/h3,7-8,10H,1,4-6,9H2,2H3,(H,22,27)(H,24,26)/b23-14+. The van der Waals surface area contributed by atoms with Crippen LogP contribution in [0.3, 0.4) is 0 Å². The molecule has 30 heavy (non-hydrogen) atoms. The zero-order valence-corrected chi connectivity index (χ0v) is 16.9. The molecule has 1 heterocycles. The molecule has 1 aliphatic carbocycles. The van der Waals surface area contributed by atoms with E-state index in [0.717, 1.165) is 12.5 Å². The van der Waals surface area contributed by atoms with Crippen molar-refractivity contribution in [3.05, 3.63) is 74.2 Å². The van der Waals surface area contributed by atoms with Crippen molar-refractivity contribution in [3.63, 3.8) is 0 Å². The first-order valence-electron chi connectivity index (χ1n) is 9.16. The number of rotatable bonds is 6. The van der Waals surface area contributed by atoms with Gasteiger partial charge in [-0.15, -0.1) is 6.58 Å². The van der Waals surface area contributed by atoms with Gasteiger partial charge in [-0.05, 0) is 31.9 Å². The first-order chi connectivity index (χ1) is 14.3. The van der Waals surface area contributed by atoms with Gasteiger partial charge in [-0.1, -0.05) is 17.7 Å². The van der Waals surface area contributed by atoms with E-state index in [1.54, 1.807) is 13.0 Å². The maximum absolute atomic E-state index is 12.4. The zero-order valence-electron chi connectivity index (χ0n) is 16.2. The van der Waals surface area contributed by atoms with E-state index >= 15 is 0 Å². The van der Waals surface area contributed by atoms with E-state index in [4.69, 9.17) is 16.0 Å². The summed E-state index contributed by atoms with van der Waals surface area (Å²) < 4.78 is 5.74. The summed E-state index contributed by atoms with van der Waals surface area (Å²) in [7, 11) is 0. The highest BCUT2D eigenvalue weighted by Gasteiger charge is 2.28. The minimum Gasteiger partial charge on any atom is -0.455 e. The Morgan fingerprint density at radius 3 is 2.83 bits per heavy atom. The third kappa shape index (κ3) is 4.25. The summed E-state index contributed by atoms with van der Waals surface area (Å²) in [5.74, 6) is -0.119. The van der Waals surface area contributed by atoms with Crippen LogP contribution < -0.4 is 10.7 Å². The molecule has 0 radical (unpaired) electrons. The fourth-order valence-corrected chi connectivity index (χ4v) is 3.41. The van der Waals surface area contributed by atoms with Crippen LogP contribution in [0.15, 0.2) is 40.4 Å². The predicted octanol–water partition coefficient (Wildman–Crippen LogP) is 3.54. The lowest BCUT2D eigenvalue weighted by Crippen LogP contribution is -2.24. The van der Waals surface area contributed by atoms with Crippen molar-refractivity contribution in [2.45, 2.75) is 26.2 Å². The number of hydrogen-bond acceptors (Lipinski definition) is 6. The Balaban J connectivity index is 1.85. The number of hydrogen-bond donors (Lipinski definition) is 2. The number of fused-ring (bicyclic) bond motifs is 1. The molecule has 0 spiro atoms. The molecule has 1 aromatic heterocycles. The number of hydrazone groups is 1. The highest BCUT2D eigenvalue weighted by molar-refractivity contribution is 6.32. The molecule has 1 aromatic carbocycles. The van der Waals surface area contributed by atoms with Crippen LogP contribution in [-0.2, 0) is 6.42 Å². The number of amides is 2. The number of furan rings is 1. The van der Waals surface area contributed by atoms with E-state index in [-0.39, 0.29) is 27.9 Å². The van der Waals surface area contributed by atoms with Crippen LogP contribution >= 0.6 is 11.6 Å². The smallest absolute Gasteiger partial charge is 0.288 e. The van der Waals surface area contributed by atoms with Gasteiger partial charge >= 0.3 is 0 Å². The normalized spacial score (nSPS) is 14.1. The minimum absolute atomic E-state index is 0.0555. The highest BCUT2D eigenvalue weighted by Crippen LogP contribution is 2.30. The number of halogens is 1. The number of nitrogens with zero attached hydrogens (tertiary/aromatic N) is 2. The number of carbonyl (C=O) groups is 2. The third-order valence-electron chi connectivity index (χ3n) is 4.64. The molecule has 2 amide bonds. The average molecular weight is 431 g/mol. The van der Waals surface area contributed by atoms with Gasteiger partial charge in [0.25, 0.3) is 17.5 Å². The molecule has 156 valence electrons. The predicted molar refractivity (Wildman–Crippen MR) is 111 cm³/mol. The zero-order chi connectivity index (χ0) is 21.8. The average Bonchev–Trinajstić information content (AvgIpc) is 3.07. The maximum Gasteiger partial charge on any atom is 0.288 e. The van der Waals surface area contributed by atoms with Gasteiger partial charge in [-0.25, -0.2) is 5.43 Å². The summed E-state index contributed by atoms with van der Waals surface area (Å²) in [6.07, 6.45) is 3.55. The van der Waals surface area contributed by atoms with Crippen LogP contribution in [0.4, 0.5) is 5.69 Å². The van der Waals surface area contributed by atoms with Gasteiger partial charge in [0.2, 0.25) is 0 Å². The van der Waals surface area contributed by atoms with Crippen LogP contribution in [0.2, 0.25) is 5.02 Å². The van der Waals surface area contributed by atoms with Crippen LogP contribution in [0, 0.1) is 17.0 Å². The fraction of sp³-hybridized carbons (Fsp3) is 0.250. The van der Waals surface area contributed by atoms with E-state index in [1.165, 1.54) is 12.1 Å². The summed E-state index contributed by atoms with van der Waals surface area (Å²) in [5, 5.41) is 17.8. The molecule has 0 saturated carbocycles. The molecule has 9 nitrogen and oxygen atoms in total. The minimum atomic E-state index is -0.661. The number of aryl methyl sites for hydroxylation is 1. The first-order valence-corrected chi connectivity index (χ1v) is 9.53. The molecule has 0 fully saturated rings. The number of nitro groups is 1. The second-order valence-electron chi connectivity index (χ2n) is 6.63. The molecular weight excluding hydrogens is 412 g/mol. The molecule has 0 unspecified atom stereocenters. The molecule has 1 aliphatic rings. The van der Waals surface area contributed by atoms with E-state index in [2.05, 4.69) is 22.4 Å². The Morgan fingerprint density at radius 1 is 1.37 bits per heavy atom. The highest BCUT2D eigenvalue weighted by atomic mass is 35.5. The van der Waals surface area contributed by atoms with Crippen molar-refractivity contribution in [1.82, 2.24) is 10.7 Å². The molecule has 0 atom stereocenters. The molecule has 0 aliphatic heterocycles. The van der Waals surface area contributed by atoms with Crippen LogP contribution in [0.1, 0.15) is 50.6 Å². The van der Waals surface area contributed by atoms with Gasteiger partial charge in [0.1, 0.15) is 10.8 Å². The Hall–Kier alpha value is -3.46. The van der Waals surface area contributed by atoms with E-state index < -0.39 is 10.8 Å². The molecule has 0 saturated heterocycles. The summed E-state index contributed by atoms with van der Waals surface area (Å²) in [4.78, 5) is 35.1. The molecule has 0 bridgehead atoms. The van der Waals surface area contributed by atoms with E-state index in [0.29, 0.717) is 42.0 Å². The summed E-state index contributed by atoms with van der Waals surface area (Å²) in [6.45, 7) is 5.64. The Labute approximate surface area is 176 Å². The van der Waals surface area contributed by atoms with Gasteiger partial charge in [0.15, 0.2) is 5.76 Å². The Bertz CT molecular complexity index is 1070. The SMILES string of the molecule is C=CCNC(=O)c1oc2c(c1C)/C(=N/NC(=O)c1ccc(Cl)c([N+](=O)[O-])c1)CCC2. The lowest BCUT2D eigenvalue weighted by atomic mass is 9.93. The molecular formula is C20H19ClN4O5. The molecule has 10 heteroatoms.